The molecule has 0 aliphatic carbocycles. The standard InChI is InChI=1S/C22H36O10S/c1-2-3-4-5-6-7-8-11-14-29-16-12-9-10-13-17(16)31-33(27,28)32-22-21(26)20(25)19(24)18(15-23)30-22/h9-10,12-13,18-26H,2-8,11,14-15H2,1H3/t18-,19-,20+,21-,22+/m1/s1. The number of benzene rings is 1. The first-order valence-electron chi connectivity index (χ1n) is 11.4. The second kappa shape index (κ2) is 14.1. The lowest BCUT2D eigenvalue weighted by Crippen LogP contribution is -2.59. The van der Waals surface area contributed by atoms with Gasteiger partial charge in [0.25, 0.3) is 0 Å². The van der Waals surface area contributed by atoms with Crippen molar-refractivity contribution in [2.24, 2.45) is 0 Å². The van der Waals surface area contributed by atoms with Gasteiger partial charge in [0, 0.05) is 0 Å². The molecular formula is C22H36O10S. The van der Waals surface area contributed by atoms with Crippen LogP contribution in [0.1, 0.15) is 58.3 Å². The Kier molecular flexibility index (Phi) is 11.8. The zero-order valence-corrected chi connectivity index (χ0v) is 19.7. The van der Waals surface area contributed by atoms with E-state index < -0.39 is 47.7 Å². The zero-order chi connectivity index (χ0) is 24.3. The Balaban J connectivity index is 1.86. The Morgan fingerprint density at radius 3 is 2.12 bits per heavy atom. The SMILES string of the molecule is CCCCCCCCCCOc1ccccc1OS(=O)(=O)O[C@@H]1O[C@H](CO)[C@@H](O)[C@H](O)[C@H]1O. The van der Waals surface area contributed by atoms with Crippen molar-refractivity contribution in [1.82, 2.24) is 0 Å². The number of hydrogen-bond acceptors (Lipinski definition) is 10. The van der Waals surface area contributed by atoms with Crippen LogP contribution in [0.5, 0.6) is 11.5 Å². The van der Waals surface area contributed by atoms with Crippen LogP contribution in [-0.2, 0) is 19.3 Å². The summed E-state index contributed by atoms with van der Waals surface area (Å²) in [5.74, 6) is 0.100. The summed E-state index contributed by atoms with van der Waals surface area (Å²) in [6.07, 6.45) is 0.619. The molecule has 1 aromatic carbocycles. The van der Waals surface area contributed by atoms with E-state index in [1.807, 2.05) is 0 Å². The van der Waals surface area contributed by atoms with Crippen LogP contribution in [-0.4, -0.2) is 72.8 Å². The van der Waals surface area contributed by atoms with Gasteiger partial charge in [0.2, 0.25) is 6.29 Å². The molecule has 1 aromatic rings. The number of aliphatic hydroxyl groups excluding tert-OH is 4. The molecule has 10 nitrogen and oxygen atoms in total. The highest BCUT2D eigenvalue weighted by Crippen LogP contribution is 2.30. The second-order valence-corrected chi connectivity index (χ2v) is 9.23. The predicted molar refractivity (Wildman–Crippen MR) is 119 cm³/mol. The molecule has 1 heterocycles. The van der Waals surface area contributed by atoms with Crippen LogP contribution >= 0.6 is 0 Å². The van der Waals surface area contributed by atoms with Crippen LogP contribution in [0.2, 0.25) is 0 Å². The number of para-hydroxylation sites is 2. The highest BCUT2D eigenvalue weighted by molar-refractivity contribution is 7.82. The Morgan fingerprint density at radius 2 is 1.48 bits per heavy atom. The third kappa shape index (κ3) is 9.01. The summed E-state index contributed by atoms with van der Waals surface area (Å²) in [5, 5.41) is 38.7. The van der Waals surface area contributed by atoms with Crippen molar-refractivity contribution in [2.45, 2.75) is 89.0 Å². The Labute approximate surface area is 195 Å². The minimum absolute atomic E-state index is 0.110. The van der Waals surface area contributed by atoms with Crippen molar-refractivity contribution < 1.29 is 46.7 Å². The lowest BCUT2D eigenvalue weighted by molar-refractivity contribution is -0.277. The smallest absolute Gasteiger partial charge is 0.451 e. The molecule has 5 atom stereocenters. The van der Waals surface area contributed by atoms with Crippen LogP contribution in [0.4, 0.5) is 0 Å². The molecule has 0 unspecified atom stereocenters. The molecule has 0 saturated carbocycles. The van der Waals surface area contributed by atoms with E-state index >= 15 is 0 Å². The highest BCUT2D eigenvalue weighted by atomic mass is 32.3. The van der Waals surface area contributed by atoms with Crippen molar-refractivity contribution in [3.05, 3.63) is 24.3 Å². The lowest BCUT2D eigenvalue weighted by atomic mass is 10.00. The van der Waals surface area contributed by atoms with Crippen LogP contribution in [0, 0.1) is 0 Å². The van der Waals surface area contributed by atoms with Crippen molar-refractivity contribution in [3.63, 3.8) is 0 Å². The quantitative estimate of drug-likeness (QED) is 0.266. The highest BCUT2D eigenvalue weighted by Gasteiger charge is 2.46. The fraction of sp³-hybridized carbons (Fsp3) is 0.727. The first kappa shape index (κ1) is 27.8. The summed E-state index contributed by atoms with van der Waals surface area (Å²) in [4.78, 5) is 0. The molecule has 1 fully saturated rings. The van der Waals surface area contributed by atoms with Crippen molar-refractivity contribution in [1.29, 1.82) is 0 Å². The molecule has 1 aliphatic rings. The summed E-state index contributed by atoms with van der Waals surface area (Å²) in [5.41, 5.74) is 0. The predicted octanol–water partition coefficient (Wildman–Crippen LogP) is 1.65. The first-order chi connectivity index (χ1) is 15.8. The Hall–Kier alpha value is -1.47. The molecule has 0 spiro atoms. The topological polar surface area (TPSA) is 152 Å². The van der Waals surface area contributed by atoms with Gasteiger partial charge in [-0.25, -0.2) is 4.18 Å². The Morgan fingerprint density at radius 1 is 0.879 bits per heavy atom. The van der Waals surface area contributed by atoms with Gasteiger partial charge in [0.15, 0.2) is 11.5 Å². The van der Waals surface area contributed by atoms with Gasteiger partial charge in [0.05, 0.1) is 13.2 Å². The average Bonchev–Trinajstić information content (AvgIpc) is 2.79. The summed E-state index contributed by atoms with van der Waals surface area (Å²) in [7, 11) is -4.75. The van der Waals surface area contributed by atoms with Crippen molar-refractivity contribution in [3.8, 4) is 11.5 Å². The van der Waals surface area contributed by atoms with Gasteiger partial charge < -0.3 is 34.1 Å². The molecule has 0 bridgehead atoms. The summed E-state index contributed by atoms with van der Waals surface area (Å²) >= 11 is 0. The van der Waals surface area contributed by atoms with E-state index in [0.29, 0.717) is 6.61 Å². The third-order valence-corrected chi connectivity index (χ3v) is 6.17. The number of rotatable bonds is 15. The molecule has 190 valence electrons. The maximum Gasteiger partial charge on any atom is 0.451 e. The molecule has 0 aromatic heterocycles. The van der Waals surface area contributed by atoms with Gasteiger partial charge in [-0.1, -0.05) is 64.0 Å². The second-order valence-electron chi connectivity index (χ2n) is 8.06. The molecular weight excluding hydrogens is 456 g/mol. The molecule has 0 radical (unpaired) electrons. The largest absolute Gasteiger partial charge is 0.490 e. The molecule has 33 heavy (non-hydrogen) atoms. The van der Waals surface area contributed by atoms with E-state index in [2.05, 4.69) is 6.92 Å². The summed E-state index contributed by atoms with van der Waals surface area (Å²) in [6, 6.07) is 6.17. The lowest BCUT2D eigenvalue weighted by Gasteiger charge is -2.38. The maximum absolute atomic E-state index is 12.4. The van der Waals surface area contributed by atoms with Crippen molar-refractivity contribution >= 4 is 10.4 Å². The summed E-state index contributed by atoms with van der Waals surface area (Å²) in [6.45, 7) is 1.86. The molecule has 1 aliphatic heterocycles. The normalized spacial score (nSPS) is 25.7. The molecule has 1 saturated heterocycles. The summed E-state index contributed by atoms with van der Waals surface area (Å²) < 4.78 is 45.2. The van der Waals surface area contributed by atoms with E-state index in [9.17, 15) is 28.8 Å². The monoisotopic (exact) mass is 492 g/mol. The fourth-order valence-corrected chi connectivity index (χ4v) is 4.24. The van der Waals surface area contributed by atoms with Gasteiger partial charge in [-0.2, -0.15) is 8.42 Å². The van der Waals surface area contributed by atoms with Gasteiger partial charge >= 0.3 is 10.4 Å². The molecule has 2 rings (SSSR count). The minimum atomic E-state index is -4.75. The number of aliphatic hydroxyl groups is 4. The number of hydrogen-bond donors (Lipinski definition) is 4. The van der Waals surface area contributed by atoms with Gasteiger partial charge in [-0.3, -0.25) is 0 Å². The van der Waals surface area contributed by atoms with Gasteiger partial charge in [-0.05, 0) is 18.6 Å². The van der Waals surface area contributed by atoms with Gasteiger partial charge in [0.1, 0.15) is 24.4 Å². The van der Waals surface area contributed by atoms with Crippen LogP contribution in [0.25, 0.3) is 0 Å². The molecule has 11 heteroatoms. The minimum Gasteiger partial charge on any atom is -0.490 e. The Bertz CT molecular complexity index is 785. The maximum atomic E-state index is 12.4. The number of ether oxygens (including phenoxy) is 2. The average molecular weight is 493 g/mol. The van der Waals surface area contributed by atoms with Crippen molar-refractivity contribution in [2.75, 3.05) is 13.2 Å². The molecule has 0 amide bonds. The first-order valence-corrected chi connectivity index (χ1v) is 12.8. The third-order valence-electron chi connectivity index (χ3n) is 5.36. The van der Waals surface area contributed by atoms with E-state index in [1.165, 1.54) is 38.2 Å². The van der Waals surface area contributed by atoms with Gasteiger partial charge in [-0.15, -0.1) is 0 Å². The van der Waals surface area contributed by atoms with E-state index in [0.717, 1.165) is 19.3 Å². The molecule has 4 N–H and O–H groups in total. The van der Waals surface area contributed by atoms with Crippen LogP contribution in [0.15, 0.2) is 24.3 Å². The van der Waals surface area contributed by atoms with E-state index in [1.54, 1.807) is 18.2 Å². The van der Waals surface area contributed by atoms with E-state index in [4.69, 9.17) is 17.8 Å². The number of unbranched alkanes of at least 4 members (excludes halogenated alkanes) is 7. The zero-order valence-electron chi connectivity index (χ0n) is 18.9. The fourth-order valence-electron chi connectivity index (χ4n) is 3.45. The van der Waals surface area contributed by atoms with Crippen LogP contribution < -0.4 is 8.92 Å². The van der Waals surface area contributed by atoms with E-state index in [-0.39, 0.29) is 11.5 Å². The van der Waals surface area contributed by atoms with Crippen LogP contribution in [0.3, 0.4) is 0 Å².